The van der Waals surface area contributed by atoms with E-state index in [0.29, 0.717) is 17.0 Å². The van der Waals surface area contributed by atoms with Gasteiger partial charge in [-0.05, 0) is 35.8 Å². The number of rotatable bonds is 1. The fraction of sp³-hybridized carbons (Fsp3) is 0.143. The Kier molecular flexibility index (Phi) is 4.42. The summed E-state index contributed by atoms with van der Waals surface area (Å²) in [6.07, 6.45) is 0. The number of thiocarbonyl (C=S) groups is 1. The Balaban J connectivity index is 0.000000160. The molecule has 21 heavy (non-hydrogen) atoms. The van der Waals surface area contributed by atoms with E-state index in [4.69, 9.17) is 0 Å². The van der Waals surface area contributed by atoms with Crippen molar-refractivity contribution >= 4 is 52.0 Å². The van der Waals surface area contributed by atoms with Crippen LogP contribution in [0.3, 0.4) is 0 Å². The van der Waals surface area contributed by atoms with Crippen LogP contribution in [0, 0.1) is 0 Å². The topological polar surface area (TPSA) is 53.2 Å². The number of thiophene rings is 1. The van der Waals surface area contributed by atoms with Gasteiger partial charge in [0.2, 0.25) is 5.91 Å². The Morgan fingerprint density at radius 1 is 1.19 bits per heavy atom. The summed E-state index contributed by atoms with van der Waals surface area (Å²) in [5, 5.41) is 11.5. The summed E-state index contributed by atoms with van der Waals surface area (Å²) in [4.78, 5) is 12.9. The molecule has 1 aromatic heterocycles. The molecule has 2 aliphatic heterocycles. The summed E-state index contributed by atoms with van der Waals surface area (Å²) in [5.41, 5.74) is 1.26. The average Bonchev–Trinajstić information content (AvgIpc) is 3.19. The summed E-state index contributed by atoms with van der Waals surface area (Å²) in [6, 6.07) is 12.7. The minimum atomic E-state index is -0.0509. The van der Waals surface area contributed by atoms with Gasteiger partial charge in [0.15, 0.2) is 5.11 Å². The molecule has 1 fully saturated rings. The number of benzene rings is 1. The van der Waals surface area contributed by atoms with Gasteiger partial charge < -0.3 is 16.0 Å². The highest BCUT2D eigenvalue weighted by Crippen LogP contribution is 2.47. The molecule has 0 bridgehead atoms. The van der Waals surface area contributed by atoms with Crippen LogP contribution < -0.4 is 16.0 Å². The van der Waals surface area contributed by atoms with Crippen molar-refractivity contribution in [3.63, 3.8) is 0 Å². The Morgan fingerprint density at radius 3 is 2.62 bits per heavy atom. The predicted octanol–water partition coefficient (Wildman–Crippen LogP) is 2.96. The number of hydrogen-bond donors (Lipinski definition) is 3. The monoisotopic (exact) mass is 335 g/mol. The van der Waals surface area contributed by atoms with Crippen LogP contribution >= 0.6 is 35.3 Å². The third-order valence-electron chi connectivity index (χ3n) is 2.88. The fourth-order valence-corrected chi connectivity index (χ4v) is 4.13. The molecule has 0 aliphatic carbocycles. The minimum Gasteiger partial charge on any atom is -0.368 e. The van der Waals surface area contributed by atoms with E-state index in [2.05, 4.69) is 69.9 Å². The molecule has 0 saturated carbocycles. The van der Waals surface area contributed by atoms with E-state index in [-0.39, 0.29) is 5.91 Å². The van der Waals surface area contributed by atoms with Crippen LogP contribution in [-0.2, 0) is 4.79 Å². The molecule has 1 saturated heterocycles. The van der Waals surface area contributed by atoms with Crippen molar-refractivity contribution in [3.8, 4) is 0 Å². The number of para-hydroxylation sites is 1. The van der Waals surface area contributed by atoms with Crippen LogP contribution in [0.15, 0.2) is 46.7 Å². The molecule has 3 N–H and O–H groups in total. The van der Waals surface area contributed by atoms with Crippen LogP contribution in [0.4, 0.5) is 5.69 Å². The Morgan fingerprint density at radius 2 is 2.05 bits per heavy atom. The number of hydrogen-bond acceptors (Lipinski definition) is 5. The zero-order chi connectivity index (χ0) is 14.7. The van der Waals surface area contributed by atoms with Gasteiger partial charge in [0, 0.05) is 15.5 Å². The third-order valence-corrected chi connectivity index (χ3v) is 5.43. The summed E-state index contributed by atoms with van der Waals surface area (Å²) in [7, 11) is 0. The molecule has 2 aliphatic rings. The quantitative estimate of drug-likeness (QED) is 0.700. The lowest BCUT2D eigenvalue weighted by Crippen LogP contribution is -2.21. The number of carbonyl (C=O) groups is 1. The maximum absolute atomic E-state index is 10.2. The molecule has 7 heteroatoms. The minimum absolute atomic E-state index is 0.0509. The van der Waals surface area contributed by atoms with Gasteiger partial charge in [-0.2, -0.15) is 0 Å². The van der Waals surface area contributed by atoms with Gasteiger partial charge in [-0.15, -0.1) is 11.3 Å². The smallest absolute Gasteiger partial charge is 0.245 e. The zero-order valence-corrected chi connectivity index (χ0v) is 13.4. The molecule has 2 aromatic rings. The highest BCUT2D eigenvalue weighted by atomic mass is 32.2. The van der Waals surface area contributed by atoms with E-state index in [1.54, 1.807) is 0 Å². The van der Waals surface area contributed by atoms with Crippen LogP contribution in [-0.4, -0.2) is 17.6 Å². The largest absolute Gasteiger partial charge is 0.368 e. The molecular formula is C14H13N3OS3. The maximum Gasteiger partial charge on any atom is 0.245 e. The van der Waals surface area contributed by atoms with E-state index in [1.165, 1.54) is 15.5 Å². The number of carbonyl (C=O) groups excluding carboxylic acids is 1. The molecule has 4 nitrogen and oxygen atoms in total. The molecule has 1 amide bonds. The van der Waals surface area contributed by atoms with Gasteiger partial charge in [0.1, 0.15) is 5.37 Å². The second-order valence-corrected chi connectivity index (χ2v) is 6.92. The summed E-state index contributed by atoms with van der Waals surface area (Å²) < 4.78 is 0. The van der Waals surface area contributed by atoms with Crippen molar-refractivity contribution in [2.24, 2.45) is 0 Å². The number of nitrogens with one attached hydrogen (secondary N) is 3. The van der Waals surface area contributed by atoms with Crippen LogP contribution in [0.5, 0.6) is 0 Å². The van der Waals surface area contributed by atoms with Crippen LogP contribution in [0.2, 0.25) is 0 Å². The predicted molar refractivity (Wildman–Crippen MR) is 91.7 cm³/mol. The molecule has 1 unspecified atom stereocenters. The maximum atomic E-state index is 10.2. The molecular weight excluding hydrogens is 322 g/mol. The van der Waals surface area contributed by atoms with Gasteiger partial charge in [-0.25, -0.2) is 0 Å². The summed E-state index contributed by atoms with van der Waals surface area (Å²) >= 11 is 8.25. The lowest BCUT2D eigenvalue weighted by molar-refractivity contribution is -0.117. The van der Waals surface area contributed by atoms with Gasteiger partial charge in [0.05, 0.1) is 6.54 Å². The van der Waals surface area contributed by atoms with Crippen LogP contribution in [0.1, 0.15) is 10.3 Å². The molecule has 0 spiro atoms. The standard InChI is InChI=1S/C11H9NS2.C3H4N2OS/c1-2-5-9-8(4-1)12-11(14-9)10-6-3-7-13-10;6-2-1-4-3(7)5-2/h1-7,11-12H;1H2,(H2,4,5,6,7). The normalized spacial score (nSPS) is 19.0. The first-order valence-corrected chi connectivity index (χ1v) is 8.52. The summed E-state index contributed by atoms with van der Waals surface area (Å²) in [6.45, 7) is 0.332. The van der Waals surface area contributed by atoms with Gasteiger partial charge in [-0.3, -0.25) is 4.79 Å². The van der Waals surface area contributed by atoms with E-state index in [1.807, 2.05) is 23.1 Å². The second kappa shape index (κ2) is 6.46. The summed E-state index contributed by atoms with van der Waals surface area (Å²) in [5.74, 6) is -0.0509. The Bertz CT molecular complexity index is 618. The van der Waals surface area contributed by atoms with E-state index in [9.17, 15) is 4.79 Å². The van der Waals surface area contributed by atoms with Crippen molar-refractivity contribution < 1.29 is 4.79 Å². The highest BCUT2D eigenvalue weighted by molar-refractivity contribution is 8.00. The van der Waals surface area contributed by atoms with Crippen molar-refractivity contribution in [2.75, 3.05) is 11.9 Å². The highest BCUT2D eigenvalue weighted by Gasteiger charge is 2.22. The van der Waals surface area contributed by atoms with Gasteiger partial charge >= 0.3 is 0 Å². The number of thioether (sulfide) groups is 1. The molecule has 3 heterocycles. The molecule has 108 valence electrons. The molecule has 1 aromatic carbocycles. The van der Waals surface area contributed by atoms with Crippen molar-refractivity contribution in [1.82, 2.24) is 10.6 Å². The van der Waals surface area contributed by atoms with E-state index >= 15 is 0 Å². The van der Waals surface area contributed by atoms with Crippen molar-refractivity contribution in [3.05, 3.63) is 46.7 Å². The van der Waals surface area contributed by atoms with Gasteiger partial charge in [0.25, 0.3) is 0 Å². The van der Waals surface area contributed by atoms with Gasteiger partial charge in [-0.1, -0.05) is 30.0 Å². The molecule has 1 atom stereocenters. The van der Waals surface area contributed by atoms with E-state index in [0.717, 1.165) is 0 Å². The lowest BCUT2D eigenvalue weighted by Gasteiger charge is -2.06. The number of fused-ring (bicyclic) bond motifs is 1. The Labute approximate surface area is 136 Å². The SMILES string of the molecule is O=C1CNC(=S)N1.c1csc(C2Nc3ccccc3S2)c1. The van der Waals surface area contributed by atoms with Crippen molar-refractivity contribution in [1.29, 1.82) is 0 Å². The number of amides is 1. The lowest BCUT2D eigenvalue weighted by atomic mass is 10.3. The number of anilines is 1. The second-order valence-electron chi connectivity index (χ2n) is 4.38. The third kappa shape index (κ3) is 3.55. The first kappa shape index (κ1) is 14.4. The first-order chi connectivity index (χ1) is 10.2. The average molecular weight is 335 g/mol. The van der Waals surface area contributed by atoms with E-state index < -0.39 is 0 Å². The van der Waals surface area contributed by atoms with Crippen LogP contribution in [0.25, 0.3) is 0 Å². The Hall–Kier alpha value is -1.57. The fourth-order valence-electron chi connectivity index (χ4n) is 1.93. The zero-order valence-electron chi connectivity index (χ0n) is 11.0. The molecule has 0 radical (unpaired) electrons. The molecule has 4 rings (SSSR count). The van der Waals surface area contributed by atoms with Crippen molar-refractivity contribution in [2.45, 2.75) is 10.3 Å². The first-order valence-electron chi connectivity index (χ1n) is 6.36.